The Bertz CT molecular complexity index is 3280. The first-order valence-corrected chi connectivity index (χ1v) is 21.9. The Morgan fingerprint density at radius 1 is 0.716 bits per heavy atom. The van der Waals surface area contributed by atoms with Crippen molar-refractivity contribution in [2.45, 2.75) is 80.7 Å². The lowest BCUT2D eigenvalue weighted by atomic mass is 10.1. The van der Waals surface area contributed by atoms with E-state index in [-0.39, 0.29) is 54.8 Å². The maximum absolute atomic E-state index is 16.0. The minimum atomic E-state index is -0.717. The number of rotatable bonds is 18. The maximum atomic E-state index is 16.0. The third kappa shape index (κ3) is 8.96. The van der Waals surface area contributed by atoms with Crippen LogP contribution in [0.3, 0.4) is 0 Å². The Morgan fingerprint density at radius 2 is 1.36 bits per heavy atom. The summed E-state index contributed by atoms with van der Waals surface area (Å²) in [6.07, 6.45) is 4.04. The number of aryl methyl sites for hydroxylation is 6. The second kappa shape index (κ2) is 18.7. The second-order valence-electron chi connectivity index (χ2n) is 15.9. The first-order valence-electron chi connectivity index (χ1n) is 21.9. The van der Waals surface area contributed by atoms with Gasteiger partial charge in [-0.15, -0.1) is 0 Å². The van der Waals surface area contributed by atoms with E-state index in [1.54, 1.807) is 68.9 Å². The molecule has 19 nitrogen and oxygen atoms in total. The third-order valence-electron chi connectivity index (χ3n) is 11.2. The number of nitrogens with zero attached hydrogens (tertiary/aromatic N) is 10. The highest BCUT2D eigenvalue weighted by atomic mass is 19.1. The summed E-state index contributed by atoms with van der Waals surface area (Å²) in [6, 6.07) is 14.6. The van der Waals surface area contributed by atoms with Crippen LogP contribution in [0.2, 0.25) is 0 Å². The summed E-state index contributed by atoms with van der Waals surface area (Å²) in [5, 5.41) is 17.3. The zero-order valence-corrected chi connectivity index (χ0v) is 38.0. The monoisotopic (exact) mass is 911 g/mol. The number of imidazole rings is 1. The summed E-state index contributed by atoms with van der Waals surface area (Å²) in [7, 11) is 0. The minimum absolute atomic E-state index is 0.0384. The van der Waals surface area contributed by atoms with Crippen LogP contribution >= 0.6 is 0 Å². The minimum Gasteiger partial charge on any atom is -0.491 e. The van der Waals surface area contributed by atoms with Crippen molar-refractivity contribution in [3.63, 3.8) is 0 Å². The molecule has 0 saturated carbocycles. The predicted molar refractivity (Wildman–Crippen MR) is 248 cm³/mol. The van der Waals surface area contributed by atoms with Gasteiger partial charge in [0.1, 0.15) is 34.0 Å². The number of ether oxygens (including phenoxy) is 2. The Morgan fingerprint density at radius 3 is 2.04 bits per heavy atom. The highest BCUT2D eigenvalue weighted by Gasteiger charge is 2.24. The number of anilines is 1. The molecule has 20 heteroatoms. The molecule has 0 unspecified atom stereocenters. The molecule has 0 aliphatic heterocycles. The summed E-state index contributed by atoms with van der Waals surface area (Å²) in [5.74, 6) is -2.46. The summed E-state index contributed by atoms with van der Waals surface area (Å²) < 4.78 is 36.3. The molecule has 8 rings (SSSR count). The second-order valence-corrected chi connectivity index (χ2v) is 15.9. The van der Waals surface area contributed by atoms with Gasteiger partial charge in [-0.25, -0.2) is 19.2 Å². The molecular weight excluding hydrogens is 862 g/mol. The molecule has 0 aliphatic rings. The van der Waals surface area contributed by atoms with Crippen molar-refractivity contribution in [2.24, 2.45) is 11.5 Å². The number of esters is 1. The molecule has 0 saturated heterocycles. The van der Waals surface area contributed by atoms with Crippen molar-refractivity contribution in [1.29, 1.82) is 0 Å². The number of halogens is 1. The fourth-order valence-corrected chi connectivity index (χ4v) is 8.16. The molecule has 0 aliphatic carbocycles. The molecule has 0 radical (unpaired) electrons. The largest absolute Gasteiger partial charge is 0.491 e. The van der Waals surface area contributed by atoms with Gasteiger partial charge in [-0.1, -0.05) is 12.2 Å². The van der Waals surface area contributed by atoms with Crippen molar-refractivity contribution in [2.75, 3.05) is 18.5 Å². The van der Waals surface area contributed by atoms with Crippen LogP contribution in [0.15, 0.2) is 66.7 Å². The summed E-state index contributed by atoms with van der Waals surface area (Å²) in [4.78, 5) is 61.2. The lowest BCUT2D eigenvalue weighted by Gasteiger charge is -2.13. The molecule has 6 heterocycles. The van der Waals surface area contributed by atoms with Gasteiger partial charge in [-0.05, 0) is 96.1 Å². The average molecular weight is 912 g/mol. The SMILES string of the molecule is CCn1nc(C)cc1C(=O)Nc1nc2cc(C(N)=O)cc(OCCCOC(=O)c3cc(C)nn3CC)c2n1C/C=C/Cn1c2ccc(C(N)=O)cc2c2cc(F)c(-c3cc(C)nn3CC)nc21. The standard InChI is InChI=1S/C47H50FN13O6/c1-7-59-36(19-26(4)54-59)40-33(48)25-32-31-22-29(42(49)62)13-14-35(31)57(44(32)52-40)15-10-11-16-58-41-34(51-47(58)53-45(64)37-20-27(5)55-60(37)8-2)23-30(43(50)63)24-39(41)66-17-12-18-67-46(65)38-21-28(6)56-61(38)9-3/h10-11,13-14,19-25H,7-9,12,15-18H2,1-6H3,(H2,49,62)(H2,50,63)(H,51,53,64)/b11-10+. The van der Waals surface area contributed by atoms with Crippen LogP contribution in [0, 0.1) is 26.6 Å². The predicted octanol–water partition coefficient (Wildman–Crippen LogP) is 6.25. The quantitative estimate of drug-likeness (QED) is 0.0494. The molecule has 2 aromatic carbocycles. The van der Waals surface area contributed by atoms with Gasteiger partial charge in [-0.2, -0.15) is 15.3 Å². The van der Waals surface area contributed by atoms with E-state index in [0.29, 0.717) is 93.2 Å². The Hall–Kier alpha value is -8.16. The first-order chi connectivity index (χ1) is 32.2. The van der Waals surface area contributed by atoms with Gasteiger partial charge >= 0.3 is 5.97 Å². The third-order valence-corrected chi connectivity index (χ3v) is 11.2. The molecular formula is C47H50FN13O6. The van der Waals surface area contributed by atoms with Gasteiger partial charge in [-0.3, -0.25) is 33.7 Å². The van der Waals surface area contributed by atoms with Gasteiger partial charge < -0.3 is 30.1 Å². The average Bonchev–Trinajstić information content (AvgIpc) is 4.12. The van der Waals surface area contributed by atoms with Crippen LogP contribution in [0.25, 0.3) is 44.4 Å². The van der Waals surface area contributed by atoms with Crippen molar-refractivity contribution >= 4 is 62.6 Å². The van der Waals surface area contributed by atoms with E-state index in [2.05, 4.69) is 20.6 Å². The molecule has 0 fully saturated rings. The van der Waals surface area contributed by atoms with Gasteiger partial charge in [0.25, 0.3) is 5.91 Å². The van der Waals surface area contributed by atoms with E-state index in [1.807, 2.05) is 44.4 Å². The number of aromatic nitrogens is 10. The number of allylic oxidation sites excluding steroid dienone is 2. The highest BCUT2D eigenvalue weighted by Crippen LogP contribution is 2.34. The lowest BCUT2D eigenvalue weighted by Crippen LogP contribution is -2.20. The molecule has 5 N–H and O–H groups in total. The van der Waals surface area contributed by atoms with Gasteiger partial charge in [0, 0.05) is 61.0 Å². The Balaban J connectivity index is 1.15. The van der Waals surface area contributed by atoms with E-state index >= 15 is 4.39 Å². The summed E-state index contributed by atoms with van der Waals surface area (Å²) in [5.41, 5.74) is 17.1. The Kier molecular flexibility index (Phi) is 12.7. The highest BCUT2D eigenvalue weighted by molar-refractivity contribution is 6.10. The molecule has 346 valence electrons. The number of hydrogen-bond donors (Lipinski definition) is 3. The number of carbonyl (C=O) groups is 4. The van der Waals surface area contributed by atoms with Crippen molar-refractivity contribution in [3.05, 3.63) is 112 Å². The van der Waals surface area contributed by atoms with Crippen molar-refractivity contribution in [1.82, 2.24) is 48.4 Å². The van der Waals surface area contributed by atoms with E-state index < -0.39 is 29.5 Å². The summed E-state index contributed by atoms with van der Waals surface area (Å²) >= 11 is 0. The molecule has 6 aromatic heterocycles. The van der Waals surface area contributed by atoms with Gasteiger partial charge in [0.2, 0.25) is 17.8 Å². The molecule has 0 atom stereocenters. The van der Waals surface area contributed by atoms with Gasteiger partial charge in [0.05, 0.1) is 47.0 Å². The number of primary amides is 2. The molecule has 67 heavy (non-hydrogen) atoms. The van der Waals surface area contributed by atoms with E-state index in [0.717, 1.165) is 0 Å². The number of benzene rings is 2. The van der Waals surface area contributed by atoms with Crippen LogP contribution in [0.5, 0.6) is 5.75 Å². The van der Waals surface area contributed by atoms with Crippen LogP contribution in [-0.4, -0.2) is 85.3 Å². The number of fused-ring (bicyclic) bond motifs is 4. The zero-order valence-electron chi connectivity index (χ0n) is 38.0. The number of pyridine rings is 1. The molecule has 8 aromatic rings. The zero-order chi connectivity index (χ0) is 47.7. The van der Waals surface area contributed by atoms with Gasteiger partial charge in [0.15, 0.2) is 5.82 Å². The normalized spacial score (nSPS) is 11.7. The van der Waals surface area contributed by atoms with Crippen LogP contribution in [-0.2, 0) is 37.5 Å². The number of hydrogen-bond acceptors (Lipinski definition) is 11. The number of nitrogens with two attached hydrogens (primary N) is 2. The number of carbonyl (C=O) groups excluding carboxylic acids is 4. The van der Waals surface area contributed by atoms with Crippen LogP contribution in [0.4, 0.5) is 10.3 Å². The van der Waals surface area contributed by atoms with Crippen molar-refractivity contribution in [3.8, 4) is 17.1 Å². The van der Waals surface area contributed by atoms with Crippen molar-refractivity contribution < 1.29 is 33.0 Å². The fraction of sp³-hybridized carbons (Fsp3) is 0.298. The smallest absolute Gasteiger partial charge is 0.356 e. The molecule has 0 spiro atoms. The lowest BCUT2D eigenvalue weighted by molar-refractivity contribution is 0.0471. The number of amides is 3. The fourth-order valence-electron chi connectivity index (χ4n) is 8.16. The first kappa shape index (κ1) is 45.4. The molecule has 3 amide bonds. The van der Waals surface area contributed by atoms with E-state index in [1.165, 1.54) is 18.2 Å². The topological polar surface area (TPSA) is 240 Å². The van der Waals surface area contributed by atoms with Crippen LogP contribution < -0.4 is 21.5 Å². The van der Waals surface area contributed by atoms with E-state index in [9.17, 15) is 19.2 Å². The van der Waals surface area contributed by atoms with Crippen LogP contribution in [0.1, 0.15) is 86.0 Å². The summed E-state index contributed by atoms with van der Waals surface area (Å²) in [6.45, 7) is 13.1. The van der Waals surface area contributed by atoms with E-state index in [4.69, 9.17) is 30.9 Å². The molecule has 0 bridgehead atoms. The maximum Gasteiger partial charge on any atom is 0.356 e. The Labute approximate surface area is 383 Å². The number of nitrogens with one attached hydrogen (secondary N) is 1.